The van der Waals surface area contributed by atoms with Crippen LogP contribution in [0.5, 0.6) is 0 Å². The van der Waals surface area contributed by atoms with Gasteiger partial charge in [-0.05, 0) is 27.7 Å². The van der Waals surface area contributed by atoms with Crippen LogP contribution in [0.25, 0.3) is 0 Å². The Balaban J connectivity index is 2.63. The lowest BCUT2D eigenvalue weighted by Crippen LogP contribution is -2.62. The van der Waals surface area contributed by atoms with Gasteiger partial charge < -0.3 is 9.57 Å². The zero-order valence-corrected chi connectivity index (χ0v) is 13.7. The summed E-state index contributed by atoms with van der Waals surface area (Å²) < 4.78 is 4.94. The van der Waals surface area contributed by atoms with Crippen molar-refractivity contribution in [3.8, 4) is 0 Å². The van der Waals surface area contributed by atoms with E-state index >= 15 is 0 Å². The van der Waals surface area contributed by atoms with Crippen LogP contribution in [0, 0.1) is 5.41 Å². The molecule has 0 aliphatic carbocycles. The molecular weight excluding hydrogens is 256 g/mol. The summed E-state index contributed by atoms with van der Waals surface area (Å²) in [6.45, 7) is 14.7. The van der Waals surface area contributed by atoms with Gasteiger partial charge in [0.05, 0.1) is 12.6 Å². The van der Waals surface area contributed by atoms with E-state index in [4.69, 9.17) is 9.57 Å². The molecule has 1 saturated heterocycles. The summed E-state index contributed by atoms with van der Waals surface area (Å²) in [6, 6.07) is 0. The molecule has 2 heterocycles. The first-order valence-electron chi connectivity index (χ1n) is 6.97. The minimum atomic E-state index is -0.701. The third kappa shape index (κ3) is 1.59. The molecule has 0 amide bonds. The standard InChI is InChI=1S/C15H26N2O3/c1-12(2,3)15-10(11(18)19-8)9-20-17(15)14(6,7)13(4,5)16-15/h9,16H,1-8H3. The first-order chi connectivity index (χ1) is 8.92. The lowest BCUT2D eigenvalue weighted by Gasteiger charge is -2.44. The SMILES string of the molecule is COC(=O)C1=CON2C(C)(C)C(C)(C)NC12C(C)(C)C. The smallest absolute Gasteiger partial charge is 0.340 e. The first kappa shape index (κ1) is 15.3. The number of carbonyl (C=O) groups is 1. The van der Waals surface area contributed by atoms with Crippen molar-refractivity contribution in [2.24, 2.45) is 5.41 Å². The molecule has 20 heavy (non-hydrogen) atoms. The second-order valence-corrected chi connectivity index (χ2v) is 7.69. The monoisotopic (exact) mass is 282 g/mol. The van der Waals surface area contributed by atoms with Crippen molar-refractivity contribution in [2.45, 2.75) is 65.2 Å². The number of hydrogen-bond acceptors (Lipinski definition) is 5. The van der Waals surface area contributed by atoms with E-state index in [1.165, 1.54) is 13.4 Å². The summed E-state index contributed by atoms with van der Waals surface area (Å²) in [5, 5.41) is 5.54. The minimum absolute atomic E-state index is 0.228. The van der Waals surface area contributed by atoms with Crippen molar-refractivity contribution < 1.29 is 14.4 Å². The predicted octanol–water partition coefficient (Wildman–Crippen LogP) is 2.19. The van der Waals surface area contributed by atoms with Gasteiger partial charge in [-0.2, -0.15) is 0 Å². The van der Waals surface area contributed by atoms with E-state index in [1.54, 1.807) is 0 Å². The Labute approximate surface area is 121 Å². The fourth-order valence-corrected chi connectivity index (χ4v) is 3.11. The number of rotatable bonds is 1. The van der Waals surface area contributed by atoms with E-state index < -0.39 is 5.66 Å². The van der Waals surface area contributed by atoms with Crippen LogP contribution in [0.3, 0.4) is 0 Å². The number of hydrogen-bond donors (Lipinski definition) is 1. The van der Waals surface area contributed by atoms with Gasteiger partial charge in [-0.1, -0.05) is 20.8 Å². The predicted molar refractivity (Wildman–Crippen MR) is 76.5 cm³/mol. The second kappa shape index (κ2) is 3.98. The second-order valence-electron chi connectivity index (χ2n) is 7.69. The highest BCUT2D eigenvalue weighted by Crippen LogP contribution is 2.54. The number of fused-ring (bicyclic) bond motifs is 1. The number of hydroxylamine groups is 2. The van der Waals surface area contributed by atoms with Crippen molar-refractivity contribution in [1.82, 2.24) is 10.4 Å². The fourth-order valence-electron chi connectivity index (χ4n) is 3.11. The van der Waals surface area contributed by atoms with Gasteiger partial charge in [-0.15, -0.1) is 5.06 Å². The van der Waals surface area contributed by atoms with Crippen molar-refractivity contribution in [3.05, 3.63) is 11.8 Å². The Morgan fingerprint density at radius 3 is 2.30 bits per heavy atom. The van der Waals surface area contributed by atoms with Gasteiger partial charge in [0.15, 0.2) is 0 Å². The lowest BCUT2D eigenvalue weighted by molar-refractivity contribution is -0.207. The number of nitrogens with zero attached hydrogens (tertiary/aromatic N) is 1. The number of methoxy groups -OCH3 is 1. The zero-order chi connectivity index (χ0) is 15.6. The van der Waals surface area contributed by atoms with Crippen molar-refractivity contribution in [2.75, 3.05) is 7.11 Å². The Morgan fingerprint density at radius 2 is 1.85 bits per heavy atom. The van der Waals surface area contributed by atoms with E-state index in [0.29, 0.717) is 5.57 Å². The van der Waals surface area contributed by atoms with E-state index in [2.05, 4.69) is 53.8 Å². The summed E-state index contributed by atoms with van der Waals surface area (Å²) in [5.41, 5.74) is -0.951. The Bertz CT molecular complexity index is 474. The van der Waals surface area contributed by atoms with Gasteiger partial charge >= 0.3 is 5.97 Å². The topological polar surface area (TPSA) is 50.8 Å². The average molecular weight is 282 g/mol. The van der Waals surface area contributed by atoms with Crippen LogP contribution < -0.4 is 5.32 Å². The number of esters is 1. The van der Waals surface area contributed by atoms with Gasteiger partial charge in [0.25, 0.3) is 0 Å². The van der Waals surface area contributed by atoms with Crippen molar-refractivity contribution >= 4 is 5.97 Å². The largest absolute Gasteiger partial charge is 0.465 e. The highest BCUT2D eigenvalue weighted by atomic mass is 16.7. The molecule has 5 nitrogen and oxygen atoms in total. The van der Waals surface area contributed by atoms with Gasteiger partial charge in [-0.3, -0.25) is 5.32 Å². The maximum absolute atomic E-state index is 12.2. The Morgan fingerprint density at radius 1 is 1.30 bits per heavy atom. The van der Waals surface area contributed by atoms with Gasteiger partial charge in [0.2, 0.25) is 0 Å². The maximum Gasteiger partial charge on any atom is 0.340 e. The molecule has 2 aliphatic heterocycles. The van der Waals surface area contributed by atoms with E-state index in [9.17, 15) is 4.79 Å². The molecule has 1 atom stereocenters. The molecule has 1 unspecified atom stereocenters. The molecule has 2 aliphatic rings. The first-order valence-corrected chi connectivity index (χ1v) is 6.97. The third-order valence-corrected chi connectivity index (χ3v) is 4.99. The maximum atomic E-state index is 12.2. The molecule has 0 radical (unpaired) electrons. The summed E-state index contributed by atoms with van der Waals surface area (Å²) in [6.07, 6.45) is 1.51. The molecular formula is C15H26N2O3. The Hall–Kier alpha value is -1.07. The van der Waals surface area contributed by atoms with Crippen molar-refractivity contribution in [1.29, 1.82) is 0 Å². The highest BCUT2D eigenvalue weighted by molar-refractivity contribution is 5.91. The molecule has 5 heteroatoms. The molecule has 0 aromatic heterocycles. The third-order valence-electron chi connectivity index (χ3n) is 4.99. The van der Waals surface area contributed by atoms with Gasteiger partial charge in [0, 0.05) is 11.0 Å². The van der Waals surface area contributed by atoms with Crippen LogP contribution in [0.15, 0.2) is 11.8 Å². The van der Waals surface area contributed by atoms with Crippen LogP contribution in [0.4, 0.5) is 0 Å². The van der Waals surface area contributed by atoms with Gasteiger partial charge in [0.1, 0.15) is 17.5 Å². The molecule has 0 saturated carbocycles. The van der Waals surface area contributed by atoms with Crippen LogP contribution in [-0.2, 0) is 14.4 Å². The van der Waals surface area contributed by atoms with Gasteiger partial charge in [-0.25, -0.2) is 4.79 Å². The molecule has 0 spiro atoms. The molecule has 114 valence electrons. The number of nitrogens with one attached hydrogen (secondary N) is 1. The fraction of sp³-hybridized carbons (Fsp3) is 0.800. The van der Waals surface area contributed by atoms with E-state index in [1.807, 2.05) is 5.06 Å². The van der Waals surface area contributed by atoms with Crippen LogP contribution in [-0.4, -0.2) is 34.9 Å². The molecule has 0 aromatic rings. The molecule has 0 bridgehead atoms. The quantitative estimate of drug-likeness (QED) is 0.747. The number of carbonyl (C=O) groups excluding carboxylic acids is 1. The van der Waals surface area contributed by atoms with Crippen molar-refractivity contribution in [3.63, 3.8) is 0 Å². The molecule has 1 fully saturated rings. The normalized spacial score (nSPS) is 31.5. The molecule has 1 N–H and O–H groups in total. The summed E-state index contributed by atoms with van der Waals surface area (Å²) >= 11 is 0. The summed E-state index contributed by atoms with van der Waals surface area (Å²) in [4.78, 5) is 18.0. The molecule has 0 aromatic carbocycles. The minimum Gasteiger partial charge on any atom is -0.465 e. The zero-order valence-electron chi connectivity index (χ0n) is 13.7. The van der Waals surface area contributed by atoms with E-state index in [-0.39, 0.29) is 22.5 Å². The average Bonchev–Trinajstić information content (AvgIpc) is 2.73. The van der Waals surface area contributed by atoms with E-state index in [0.717, 1.165) is 0 Å². The number of ether oxygens (including phenoxy) is 1. The molecule has 2 rings (SSSR count). The summed E-state index contributed by atoms with van der Waals surface area (Å²) in [5.74, 6) is -0.358. The Kier molecular flexibility index (Phi) is 3.05. The summed E-state index contributed by atoms with van der Waals surface area (Å²) in [7, 11) is 1.40. The van der Waals surface area contributed by atoms with Crippen LogP contribution >= 0.6 is 0 Å². The highest BCUT2D eigenvalue weighted by Gasteiger charge is 2.70. The lowest BCUT2D eigenvalue weighted by atomic mass is 9.76. The van der Waals surface area contributed by atoms with Crippen LogP contribution in [0.2, 0.25) is 0 Å². The van der Waals surface area contributed by atoms with Crippen LogP contribution in [0.1, 0.15) is 48.5 Å².